The Labute approximate surface area is 268 Å². The predicted octanol–water partition coefficient (Wildman–Crippen LogP) is 6.11. The first-order valence-electron chi connectivity index (χ1n) is 13.7. The van der Waals surface area contributed by atoms with Crippen molar-refractivity contribution < 1.29 is 51.9 Å². The van der Waals surface area contributed by atoms with E-state index < -0.39 is 41.2 Å². The van der Waals surface area contributed by atoms with Crippen molar-refractivity contribution in [3.05, 3.63) is 101 Å². The van der Waals surface area contributed by atoms with Crippen LogP contribution in [0.5, 0.6) is 23.0 Å². The maximum Gasteiger partial charge on any atom is 0.417 e. The molecule has 3 aromatic carbocycles. The molecule has 0 bridgehead atoms. The fourth-order valence-corrected chi connectivity index (χ4v) is 3.97. The summed E-state index contributed by atoms with van der Waals surface area (Å²) in [5.41, 5.74) is -3.10. The molecule has 0 saturated carbocycles. The van der Waals surface area contributed by atoms with E-state index >= 15 is 0 Å². The summed E-state index contributed by atoms with van der Waals surface area (Å²) in [4.78, 5) is 25.0. The van der Waals surface area contributed by atoms with Gasteiger partial charge in [0.1, 0.15) is 12.4 Å². The molecule has 0 spiro atoms. The van der Waals surface area contributed by atoms with Gasteiger partial charge in [-0.3, -0.25) is 9.59 Å². The summed E-state index contributed by atoms with van der Waals surface area (Å²) in [7, 11) is 4.36. The number of aliphatic hydroxyl groups excluding tert-OH is 1. The third-order valence-corrected chi connectivity index (χ3v) is 6.47. The molecule has 10 nitrogen and oxygen atoms in total. The monoisotopic (exact) mass is 652 g/mol. The maximum atomic E-state index is 13.3. The average molecular weight is 653 g/mol. The van der Waals surface area contributed by atoms with Gasteiger partial charge in [-0.05, 0) is 72.7 Å². The summed E-state index contributed by atoms with van der Waals surface area (Å²) in [5.74, 6) is -0.483. The standard InChI is InChI=1S/C34H31F3N2O8/c1-33(43,32(42)39-24-10-9-23(19-38)27(17-24)34(35,36)37)20-47-29-14-8-22(16-31(29)46-4)6-12-26(41)18-25(40)11-5-21-7-13-28(44-2)30(15-21)45-3/h5-18,40,43H,20H2,1-4H3,(H,39,42)/b11-5+,12-6+,25-18-. The van der Waals surface area contributed by atoms with E-state index in [9.17, 15) is 33.0 Å². The second-order valence-corrected chi connectivity index (χ2v) is 10.0. The summed E-state index contributed by atoms with van der Waals surface area (Å²) >= 11 is 0. The number of hydrogen-bond donors (Lipinski definition) is 3. The molecule has 1 amide bonds. The van der Waals surface area contributed by atoms with Crippen molar-refractivity contribution >= 4 is 29.5 Å². The van der Waals surface area contributed by atoms with Gasteiger partial charge in [-0.2, -0.15) is 18.4 Å². The number of hydrogen-bond acceptors (Lipinski definition) is 9. The zero-order chi connectivity index (χ0) is 34.8. The maximum absolute atomic E-state index is 13.3. The molecule has 47 heavy (non-hydrogen) atoms. The fraction of sp³-hybridized carbons (Fsp3) is 0.206. The van der Waals surface area contributed by atoms with Crippen LogP contribution in [0.2, 0.25) is 0 Å². The summed E-state index contributed by atoms with van der Waals surface area (Å²) in [5, 5.41) is 32.0. The highest BCUT2D eigenvalue weighted by Crippen LogP contribution is 2.34. The van der Waals surface area contributed by atoms with Crippen molar-refractivity contribution in [1.82, 2.24) is 0 Å². The molecule has 3 aromatic rings. The fourth-order valence-electron chi connectivity index (χ4n) is 3.97. The smallest absolute Gasteiger partial charge is 0.417 e. The van der Waals surface area contributed by atoms with E-state index in [1.165, 1.54) is 57.8 Å². The van der Waals surface area contributed by atoms with E-state index in [-0.39, 0.29) is 22.9 Å². The number of ketones is 1. The Bertz CT molecular complexity index is 1750. The lowest BCUT2D eigenvalue weighted by molar-refractivity contribution is -0.138. The van der Waals surface area contributed by atoms with Crippen molar-refractivity contribution in [2.75, 3.05) is 33.3 Å². The van der Waals surface area contributed by atoms with Crippen molar-refractivity contribution in [3.63, 3.8) is 0 Å². The molecule has 0 aromatic heterocycles. The largest absolute Gasteiger partial charge is 0.508 e. The molecule has 0 aliphatic carbocycles. The van der Waals surface area contributed by atoms with Crippen LogP contribution in [0.3, 0.4) is 0 Å². The molecule has 1 atom stereocenters. The molecule has 0 saturated heterocycles. The highest BCUT2D eigenvalue weighted by Gasteiger charge is 2.35. The molecule has 3 rings (SSSR count). The van der Waals surface area contributed by atoms with Gasteiger partial charge in [-0.25, -0.2) is 0 Å². The minimum absolute atomic E-state index is 0.125. The van der Waals surface area contributed by atoms with E-state index in [2.05, 4.69) is 5.32 Å². The SMILES string of the molecule is COc1ccc(/C=C/C(O)=C/C(=O)/C=C/c2ccc(OCC(C)(O)C(=O)Nc3ccc(C#N)c(C(F)(F)F)c3)c(OC)c2)cc1OC. The first kappa shape index (κ1) is 35.7. The van der Waals surface area contributed by atoms with Gasteiger partial charge in [0.05, 0.1) is 38.5 Å². The molecule has 13 heteroatoms. The Morgan fingerprint density at radius 2 is 1.45 bits per heavy atom. The zero-order valence-electron chi connectivity index (χ0n) is 25.7. The van der Waals surface area contributed by atoms with Crippen LogP contribution in [0.25, 0.3) is 12.2 Å². The van der Waals surface area contributed by atoms with Crippen LogP contribution in [0.15, 0.2) is 78.6 Å². The van der Waals surface area contributed by atoms with Crippen LogP contribution in [-0.4, -0.2) is 55.4 Å². The van der Waals surface area contributed by atoms with E-state index in [1.54, 1.807) is 30.3 Å². The Balaban J connectivity index is 1.63. The number of rotatable bonds is 13. The molecule has 0 heterocycles. The molecule has 1 unspecified atom stereocenters. The molecule has 0 radical (unpaired) electrons. The lowest BCUT2D eigenvalue weighted by Gasteiger charge is -2.23. The molecular formula is C34H31F3N2O8. The predicted molar refractivity (Wildman–Crippen MR) is 167 cm³/mol. The van der Waals surface area contributed by atoms with Crippen LogP contribution in [0, 0.1) is 11.3 Å². The Morgan fingerprint density at radius 3 is 2.02 bits per heavy atom. The number of carbonyl (C=O) groups is 2. The van der Waals surface area contributed by atoms with Crippen LogP contribution < -0.4 is 24.3 Å². The minimum atomic E-state index is -4.83. The summed E-state index contributed by atoms with van der Waals surface area (Å²) in [6, 6.07) is 13.8. The van der Waals surface area contributed by atoms with Gasteiger partial charge in [0.15, 0.2) is 34.4 Å². The second-order valence-electron chi connectivity index (χ2n) is 10.0. The zero-order valence-corrected chi connectivity index (χ0v) is 25.7. The number of carbonyl (C=O) groups excluding carboxylic acids is 2. The van der Waals surface area contributed by atoms with Gasteiger partial charge in [0.2, 0.25) is 0 Å². The number of methoxy groups -OCH3 is 3. The normalized spacial score (nSPS) is 13.1. The van der Waals surface area contributed by atoms with Crippen LogP contribution in [0.4, 0.5) is 18.9 Å². The molecule has 246 valence electrons. The number of ether oxygens (including phenoxy) is 4. The third-order valence-electron chi connectivity index (χ3n) is 6.47. The Morgan fingerprint density at radius 1 is 0.872 bits per heavy atom. The molecule has 0 aliphatic rings. The van der Waals surface area contributed by atoms with Gasteiger partial charge in [0.25, 0.3) is 5.91 Å². The highest BCUT2D eigenvalue weighted by atomic mass is 19.4. The van der Waals surface area contributed by atoms with E-state index in [0.717, 1.165) is 25.1 Å². The number of nitrogens with zero attached hydrogens (tertiary/aromatic N) is 1. The summed E-state index contributed by atoms with van der Waals surface area (Å²) in [6.45, 7) is 0.504. The topological polar surface area (TPSA) is 147 Å². The quantitative estimate of drug-likeness (QED) is 0.113. The number of aliphatic hydroxyl groups is 2. The number of alkyl halides is 3. The molecule has 0 fully saturated rings. The van der Waals surface area contributed by atoms with E-state index in [0.29, 0.717) is 28.7 Å². The van der Waals surface area contributed by atoms with Gasteiger partial charge in [-0.1, -0.05) is 24.3 Å². The molecule has 3 N–H and O–H groups in total. The van der Waals surface area contributed by atoms with Crippen molar-refractivity contribution in [2.45, 2.75) is 18.7 Å². The van der Waals surface area contributed by atoms with Crippen LogP contribution in [0.1, 0.15) is 29.2 Å². The van der Waals surface area contributed by atoms with Gasteiger partial charge in [-0.15, -0.1) is 0 Å². The van der Waals surface area contributed by atoms with Crippen molar-refractivity contribution in [2.24, 2.45) is 0 Å². The Kier molecular flexibility index (Phi) is 11.8. The van der Waals surface area contributed by atoms with Crippen LogP contribution >= 0.6 is 0 Å². The Hall–Kier alpha value is -5.74. The number of anilines is 1. The second kappa shape index (κ2) is 15.5. The van der Waals surface area contributed by atoms with Crippen LogP contribution in [-0.2, 0) is 15.8 Å². The summed E-state index contributed by atoms with van der Waals surface area (Å²) in [6.07, 6.45) is 1.82. The number of nitrogens with one attached hydrogen (secondary N) is 1. The van der Waals surface area contributed by atoms with E-state index in [1.807, 2.05) is 0 Å². The van der Waals surface area contributed by atoms with Gasteiger partial charge >= 0.3 is 6.18 Å². The molecular weight excluding hydrogens is 621 g/mol. The van der Waals surface area contributed by atoms with Gasteiger partial charge in [0, 0.05) is 11.8 Å². The number of benzene rings is 3. The number of nitriles is 1. The number of allylic oxidation sites excluding steroid dienone is 3. The highest BCUT2D eigenvalue weighted by molar-refractivity contribution is 6.02. The number of halogens is 3. The van der Waals surface area contributed by atoms with E-state index in [4.69, 9.17) is 24.2 Å². The number of amides is 1. The minimum Gasteiger partial charge on any atom is -0.508 e. The molecule has 0 aliphatic heterocycles. The first-order valence-corrected chi connectivity index (χ1v) is 13.7. The average Bonchev–Trinajstić information content (AvgIpc) is 3.04. The van der Waals surface area contributed by atoms with Crippen molar-refractivity contribution in [3.8, 4) is 29.1 Å². The third kappa shape index (κ3) is 9.87. The first-order chi connectivity index (χ1) is 22.2. The van der Waals surface area contributed by atoms with Crippen molar-refractivity contribution in [1.29, 1.82) is 5.26 Å². The summed E-state index contributed by atoms with van der Waals surface area (Å²) < 4.78 is 61.1. The lowest BCUT2D eigenvalue weighted by atomic mass is 10.1. The lowest BCUT2D eigenvalue weighted by Crippen LogP contribution is -2.45. The van der Waals surface area contributed by atoms with Gasteiger partial charge < -0.3 is 34.5 Å².